The first-order chi connectivity index (χ1) is 4.81. The smallest absolute Gasteiger partial charge is 0.0443 e. The van der Waals surface area contributed by atoms with E-state index in [2.05, 4.69) is 20.8 Å². The summed E-state index contributed by atoms with van der Waals surface area (Å²) in [5.41, 5.74) is 0. The zero-order chi connectivity index (χ0) is 7.82. The third kappa shape index (κ3) is 10.9. The summed E-state index contributed by atoms with van der Waals surface area (Å²) in [7, 11) is 0. The molecule has 1 rings (SSSR count). The van der Waals surface area contributed by atoms with Crippen LogP contribution in [0, 0.1) is 5.92 Å². The van der Waals surface area contributed by atoms with Gasteiger partial charge >= 0.3 is 0 Å². The second kappa shape index (κ2) is 7.11. The van der Waals surface area contributed by atoms with Crippen molar-refractivity contribution in [3.05, 3.63) is 0 Å². The summed E-state index contributed by atoms with van der Waals surface area (Å²) < 4.78 is 0. The normalized spacial score (nSPS) is 15.9. The average Bonchev–Trinajstić information content (AvgIpc) is 2.69. The van der Waals surface area contributed by atoms with Gasteiger partial charge in [-0.25, -0.2) is 0 Å². The molecule has 0 aliphatic heterocycles. The highest BCUT2D eigenvalue weighted by molar-refractivity contribution is 4.65. The molecule has 1 aliphatic rings. The average molecular weight is 142 g/mol. The maximum absolute atomic E-state index is 2.28. The van der Waals surface area contributed by atoms with Crippen LogP contribution in [0.3, 0.4) is 0 Å². The molecule has 0 heteroatoms. The van der Waals surface area contributed by atoms with Crippen molar-refractivity contribution in [2.45, 2.75) is 59.3 Å². The van der Waals surface area contributed by atoms with E-state index in [1.165, 1.54) is 38.5 Å². The van der Waals surface area contributed by atoms with Crippen LogP contribution in [0.4, 0.5) is 0 Å². The van der Waals surface area contributed by atoms with E-state index < -0.39 is 0 Å². The molecule has 0 heterocycles. The van der Waals surface area contributed by atoms with Crippen LogP contribution in [-0.2, 0) is 0 Å². The summed E-state index contributed by atoms with van der Waals surface area (Å²) in [6.45, 7) is 6.74. The van der Waals surface area contributed by atoms with Crippen molar-refractivity contribution in [3.63, 3.8) is 0 Å². The largest absolute Gasteiger partial charge is 0.0654 e. The molecular weight excluding hydrogens is 120 g/mol. The van der Waals surface area contributed by atoms with Gasteiger partial charge in [0.05, 0.1) is 0 Å². The highest BCUT2D eigenvalue weighted by Gasteiger charge is 2.12. The zero-order valence-corrected chi connectivity index (χ0v) is 7.82. The molecular formula is C10H22. The molecule has 0 bridgehead atoms. The minimum Gasteiger partial charge on any atom is -0.0654 e. The fourth-order valence-corrected chi connectivity index (χ4v) is 0.667. The van der Waals surface area contributed by atoms with Gasteiger partial charge in [0.15, 0.2) is 0 Å². The lowest BCUT2D eigenvalue weighted by atomic mass is 10.2. The Bertz CT molecular complexity index is 49.1. The molecule has 0 aromatic rings. The van der Waals surface area contributed by atoms with E-state index in [-0.39, 0.29) is 0 Å². The van der Waals surface area contributed by atoms with Crippen molar-refractivity contribution in [1.29, 1.82) is 0 Å². The molecule has 0 aromatic carbocycles. The Morgan fingerprint density at radius 1 is 1.00 bits per heavy atom. The summed E-state index contributed by atoms with van der Waals surface area (Å²) in [4.78, 5) is 0. The number of unbranched alkanes of at least 4 members (excludes halogenated alkanes) is 3. The van der Waals surface area contributed by atoms with Crippen molar-refractivity contribution < 1.29 is 0 Å². The molecule has 1 fully saturated rings. The van der Waals surface area contributed by atoms with Crippen molar-refractivity contribution in [2.24, 2.45) is 5.92 Å². The second-order valence-electron chi connectivity index (χ2n) is 3.39. The molecule has 0 unspecified atom stereocenters. The quantitative estimate of drug-likeness (QED) is 0.522. The highest BCUT2D eigenvalue weighted by atomic mass is 14.2. The Balaban J connectivity index is 0.000000172. The van der Waals surface area contributed by atoms with Gasteiger partial charge in [-0.3, -0.25) is 0 Å². The Morgan fingerprint density at radius 2 is 1.30 bits per heavy atom. The lowest BCUT2D eigenvalue weighted by Crippen LogP contribution is -1.66. The molecule has 0 spiro atoms. The van der Waals surface area contributed by atoms with Gasteiger partial charge in [0.1, 0.15) is 0 Å². The second-order valence-corrected chi connectivity index (χ2v) is 3.39. The summed E-state index contributed by atoms with van der Waals surface area (Å²) in [6, 6.07) is 0. The third-order valence-electron chi connectivity index (χ3n) is 1.82. The van der Waals surface area contributed by atoms with Gasteiger partial charge in [-0.1, -0.05) is 59.3 Å². The zero-order valence-electron chi connectivity index (χ0n) is 7.82. The van der Waals surface area contributed by atoms with E-state index in [0.29, 0.717) is 0 Å². The predicted octanol–water partition coefficient (Wildman–Crippen LogP) is 4.00. The number of hydrogen-bond acceptors (Lipinski definition) is 0. The van der Waals surface area contributed by atoms with E-state index in [1.807, 2.05) is 0 Å². The summed E-state index contributed by atoms with van der Waals surface area (Å²) >= 11 is 0. The number of rotatable bonds is 3. The SMILES string of the molecule is CC1CC1.CCCCCC. The molecule has 0 aromatic heterocycles. The van der Waals surface area contributed by atoms with Crippen LogP contribution in [0.25, 0.3) is 0 Å². The molecule has 0 N–H and O–H groups in total. The lowest BCUT2D eigenvalue weighted by Gasteiger charge is -1.86. The Hall–Kier alpha value is 0. The van der Waals surface area contributed by atoms with E-state index in [4.69, 9.17) is 0 Å². The predicted molar refractivity (Wildman–Crippen MR) is 48.2 cm³/mol. The third-order valence-corrected chi connectivity index (χ3v) is 1.82. The monoisotopic (exact) mass is 142 g/mol. The van der Waals surface area contributed by atoms with E-state index in [9.17, 15) is 0 Å². The van der Waals surface area contributed by atoms with Crippen LogP contribution in [0.15, 0.2) is 0 Å². The molecule has 1 aliphatic carbocycles. The molecule has 0 saturated heterocycles. The van der Waals surface area contributed by atoms with Crippen LogP contribution < -0.4 is 0 Å². The summed E-state index contributed by atoms with van der Waals surface area (Å²) in [5.74, 6) is 1.08. The molecule has 1 saturated carbocycles. The molecule has 10 heavy (non-hydrogen) atoms. The fourth-order valence-electron chi connectivity index (χ4n) is 0.667. The first-order valence-electron chi connectivity index (χ1n) is 4.81. The van der Waals surface area contributed by atoms with Gasteiger partial charge in [0, 0.05) is 0 Å². The van der Waals surface area contributed by atoms with Crippen LogP contribution in [-0.4, -0.2) is 0 Å². The standard InChI is InChI=1S/C6H14.C4H8/c1-3-5-6-4-2;1-4-2-3-4/h3-6H2,1-2H3;4H,2-3H2,1H3. The summed E-state index contributed by atoms with van der Waals surface area (Å²) in [6.07, 6.45) is 8.51. The molecule has 0 radical (unpaired) electrons. The molecule has 0 atom stereocenters. The van der Waals surface area contributed by atoms with Crippen LogP contribution in [0.5, 0.6) is 0 Å². The van der Waals surface area contributed by atoms with Crippen molar-refractivity contribution in [3.8, 4) is 0 Å². The maximum atomic E-state index is 2.28. The topological polar surface area (TPSA) is 0 Å². The molecule has 62 valence electrons. The first-order valence-corrected chi connectivity index (χ1v) is 4.81. The Morgan fingerprint density at radius 3 is 1.40 bits per heavy atom. The van der Waals surface area contributed by atoms with Gasteiger partial charge in [0.2, 0.25) is 0 Å². The lowest BCUT2D eigenvalue weighted by molar-refractivity contribution is 0.702. The highest BCUT2D eigenvalue weighted by Crippen LogP contribution is 2.26. The minimum atomic E-state index is 1.08. The van der Waals surface area contributed by atoms with E-state index in [0.717, 1.165) is 5.92 Å². The van der Waals surface area contributed by atoms with Gasteiger partial charge in [-0.15, -0.1) is 0 Å². The summed E-state index contributed by atoms with van der Waals surface area (Å²) in [5, 5.41) is 0. The fraction of sp³-hybridized carbons (Fsp3) is 1.00. The Kier molecular flexibility index (Phi) is 7.11. The van der Waals surface area contributed by atoms with Crippen molar-refractivity contribution in [2.75, 3.05) is 0 Å². The van der Waals surface area contributed by atoms with Crippen molar-refractivity contribution >= 4 is 0 Å². The molecule has 0 amide bonds. The van der Waals surface area contributed by atoms with Crippen LogP contribution >= 0.6 is 0 Å². The number of hydrogen-bond donors (Lipinski definition) is 0. The Labute approximate surface area is 66.0 Å². The van der Waals surface area contributed by atoms with Gasteiger partial charge in [0.25, 0.3) is 0 Å². The molecule has 0 nitrogen and oxygen atoms in total. The van der Waals surface area contributed by atoms with E-state index in [1.54, 1.807) is 0 Å². The van der Waals surface area contributed by atoms with Crippen LogP contribution in [0.1, 0.15) is 59.3 Å². The van der Waals surface area contributed by atoms with Gasteiger partial charge in [-0.05, 0) is 5.92 Å². The van der Waals surface area contributed by atoms with E-state index >= 15 is 0 Å². The van der Waals surface area contributed by atoms with Gasteiger partial charge in [-0.2, -0.15) is 0 Å². The van der Waals surface area contributed by atoms with Crippen molar-refractivity contribution in [1.82, 2.24) is 0 Å². The van der Waals surface area contributed by atoms with Gasteiger partial charge < -0.3 is 0 Å². The van der Waals surface area contributed by atoms with Crippen LogP contribution in [0.2, 0.25) is 0 Å². The first kappa shape index (κ1) is 10.0. The minimum absolute atomic E-state index is 1.08. The maximum Gasteiger partial charge on any atom is -0.0443 e.